The minimum absolute atomic E-state index is 0. The summed E-state index contributed by atoms with van der Waals surface area (Å²) in [5.74, 6) is 1.66. The number of aliphatic imine (C=N–C) groups is 1. The number of rotatable bonds is 9. The molecular formula is C21H29FIN3O3. The van der Waals surface area contributed by atoms with E-state index < -0.39 is 0 Å². The van der Waals surface area contributed by atoms with Crippen molar-refractivity contribution in [3.63, 3.8) is 0 Å². The van der Waals surface area contributed by atoms with E-state index in [4.69, 9.17) is 14.6 Å². The van der Waals surface area contributed by atoms with Crippen LogP contribution in [0.5, 0.6) is 11.5 Å². The Kier molecular flexibility index (Phi) is 11.4. The number of hydrogen-bond donors (Lipinski definition) is 2. The van der Waals surface area contributed by atoms with Crippen molar-refractivity contribution < 1.29 is 19.0 Å². The molecule has 0 unspecified atom stereocenters. The fourth-order valence-corrected chi connectivity index (χ4v) is 2.71. The van der Waals surface area contributed by atoms with Gasteiger partial charge in [-0.3, -0.25) is 0 Å². The van der Waals surface area contributed by atoms with Crippen LogP contribution in [0, 0.1) is 5.82 Å². The lowest BCUT2D eigenvalue weighted by molar-refractivity contribution is 0.196. The van der Waals surface area contributed by atoms with Crippen molar-refractivity contribution in [2.45, 2.75) is 20.0 Å². The smallest absolute Gasteiger partial charge is 0.194 e. The first-order valence-electron chi connectivity index (χ1n) is 9.21. The molecule has 0 radical (unpaired) electrons. The first kappa shape index (κ1) is 25.0. The highest BCUT2D eigenvalue weighted by Gasteiger charge is 2.09. The predicted molar refractivity (Wildman–Crippen MR) is 124 cm³/mol. The summed E-state index contributed by atoms with van der Waals surface area (Å²) >= 11 is 0. The summed E-state index contributed by atoms with van der Waals surface area (Å²) < 4.78 is 24.2. The molecule has 2 rings (SSSR count). The number of nitrogens with one attached hydrogen (secondary N) is 1. The molecule has 2 aromatic carbocycles. The first-order chi connectivity index (χ1) is 13.6. The Balaban J connectivity index is 0.00000420. The van der Waals surface area contributed by atoms with Gasteiger partial charge in [-0.15, -0.1) is 24.0 Å². The molecule has 0 fully saturated rings. The number of guanidine groups is 1. The molecule has 0 saturated carbocycles. The summed E-state index contributed by atoms with van der Waals surface area (Å²) in [4.78, 5) is 6.62. The molecule has 0 aliphatic heterocycles. The van der Waals surface area contributed by atoms with Gasteiger partial charge in [0.25, 0.3) is 0 Å². The average molecular weight is 517 g/mol. The summed E-state index contributed by atoms with van der Waals surface area (Å²) in [6.45, 7) is 3.88. The normalized spacial score (nSPS) is 10.9. The van der Waals surface area contributed by atoms with Crippen molar-refractivity contribution in [2.75, 3.05) is 33.9 Å². The molecule has 0 aliphatic carbocycles. The molecule has 0 spiro atoms. The van der Waals surface area contributed by atoms with Crippen LogP contribution in [0.1, 0.15) is 18.1 Å². The molecule has 2 N–H and O–H groups in total. The molecule has 29 heavy (non-hydrogen) atoms. The maximum atomic E-state index is 13.4. The lowest BCUT2D eigenvalue weighted by atomic mass is 10.2. The molecule has 0 bridgehead atoms. The molecule has 160 valence electrons. The van der Waals surface area contributed by atoms with E-state index >= 15 is 0 Å². The molecule has 2 aromatic rings. The summed E-state index contributed by atoms with van der Waals surface area (Å²) in [5.41, 5.74) is 1.84. The Bertz CT molecular complexity index is 790. The van der Waals surface area contributed by atoms with E-state index in [9.17, 15) is 4.39 Å². The molecule has 0 aliphatic rings. The molecule has 0 atom stereocenters. The van der Waals surface area contributed by atoms with Crippen molar-refractivity contribution in [2.24, 2.45) is 4.99 Å². The second kappa shape index (κ2) is 13.2. The molecule has 6 nitrogen and oxygen atoms in total. The van der Waals surface area contributed by atoms with E-state index in [0.717, 1.165) is 23.6 Å². The summed E-state index contributed by atoms with van der Waals surface area (Å²) in [6.07, 6.45) is 0. The third kappa shape index (κ3) is 8.06. The van der Waals surface area contributed by atoms with E-state index in [-0.39, 0.29) is 43.0 Å². The van der Waals surface area contributed by atoms with Gasteiger partial charge in [0, 0.05) is 20.1 Å². The van der Waals surface area contributed by atoms with Crippen LogP contribution < -0.4 is 14.8 Å². The van der Waals surface area contributed by atoms with Gasteiger partial charge in [0.15, 0.2) is 17.5 Å². The fraction of sp³-hybridized carbons (Fsp3) is 0.381. The van der Waals surface area contributed by atoms with Crippen molar-refractivity contribution in [1.82, 2.24) is 10.2 Å². The zero-order valence-corrected chi connectivity index (χ0v) is 19.4. The van der Waals surface area contributed by atoms with Crippen LogP contribution in [0.15, 0.2) is 47.5 Å². The largest absolute Gasteiger partial charge is 0.493 e. The van der Waals surface area contributed by atoms with Gasteiger partial charge in [-0.05, 0) is 42.3 Å². The van der Waals surface area contributed by atoms with Crippen LogP contribution >= 0.6 is 24.0 Å². The monoisotopic (exact) mass is 517 g/mol. The van der Waals surface area contributed by atoms with Gasteiger partial charge >= 0.3 is 0 Å². The number of methoxy groups -OCH3 is 1. The highest BCUT2D eigenvalue weighted by molar-refractivity contribution is 14.0. The molecule has 0 aromatic heterocycles. The third-order valence-corrected chi connectivity index (χ3v) is 3.99. The zero-order chi connectivity index (χ0) is 20.4. The van der Waals surface area contributed by atoms with Crippen LogP contribution in [0.2, 0.25) is 0 Å². The Labute approximate surface area is 188 Å². The first-order valence-corrected chi connectivity index (χ1v) is 9.21. The number of halogens is 2. The summed E-state index contributed by atoms with van der Waals surface area (Å²) in [5, 5.41) is 12.2. The van der Waals surface area contributed by atoms with Gasteiger partial charge in [-0.25, -0.2) is 9.38 Å². The molecule has 0 heterocycles. The minimum Gasteiger partial charge on any atom is -0.493 e. The fourth-order valence-electron chi connectivity index (χ4n) is 2.71. The number of benzene rings is 2. The lowest BCUT2D eigenvalue weighted by Gasteiger charge is -2.22. The van der Waals surface area contributed by atoms with E-state index in [1.807, 2.05) is 43.1 Å². The Morgan fingerprint density at radius 2 is 1.97 bits per heavy atom. The third-order valence-electron chi connectivity index (χ3n) is 3.99. The summed E-state index contributed by atoms with van der Waals surface area (Å²) in [6, 6.07) is 12.1. The standard InChI is InChI=1S/C21H28FN3O3.HI/c1-4-23-21(25(2)15-17-6-5-7-18(22)12-17)24-14-16-8-9-19(28-11-10-26)20(13-16)27-3;/h5-9,12-13,26H,4,10-11,14-15H2,1-3H3,(H,23,24);1H. The second-order valence-corrected chi connectivity index (χ2v) is 6.21. The van der Waals surface area contributed by atoms with Crippen LogP contribution in [0.25, 0.3) is 0 Å². The second-order valence-electron chi connectivity index (χ2n) is 6.21. The maximum absolute atomic E-state index is 13.4. The average Bonchev–Trinajstić information content (AvgIpc) is 2.69. The van der Waals surface area contributed by atoms with E-state index in [1.54, 1.807) is 13.2 Å². The topological polar surface area (TPSA) is 66.3 Å². The van der Waals surface area contributed by atoms with E-state index in [1.165, 1.54) is 12.1 Å². The summed E-state index contributed by atoms with van der Waals surface area (Å²) in [7, 11) is 3.49. The predicted octanol–water partition coefficient (Wildman–Crippen LogP) is 3.42. The Hall–Kier alpha value is -2.07. The minimum atomic E-state index is -0.247. The highest BCUT2D eigenvalue weighted by Crippen LogP contribution is 2.28. The van der Waals surface area contributed by atoms with Gasteiger partial charge in [0.05, 0.1) is 20.3 Å². The SMILES string of the molecule is CCNC(=NCc1ccc(OCCO)c(OC)c1)N(C)Cc1cccc(F)c1.I. The number of ether oxygens (including phenoxy) is 2. The zero-order valence-electron chi connectivity index (χ0n) is 17.0. The van der Waals surface area contributed by atoms with Gasteiger partial charge < -0.3 is 24.8 Å². The van der Waals surface area contributed by atoms with Gasteiger partial charge in [-0.2, -0.15) is 0 Å². The Morgan fingerprint density at radius 1 is 1.17 bits per heavy atom. The van der Waals surface area contributed by atoms with Crippen molar-refractivity contribution in [3.8, 4) is 11.5 Å². The van der Waals surface area contributed by atoms with Crippen LogP contribution in [0.4, 0.5) is 4.39 Å². The van der Waals surface area contributed by atoms with Crippen molar-refractivity contribution in [1.29, 1.82) is 0 Å². The lowest BCUT2D eigenvalue weighted by Crippen LogP contribution is -2.38. The molecule has 0 amide bonds. The Morgan fingerprint density at radius 3 is 2.62 bits per heavy atom. The van der Waals surface area contributed by atoms with Crippen LogP contribution in [0.3, 0.4) is 0 Å². The molecule has 8 heteroatoms. The van der Waals surface area contributed by atoms with E-state index in [2.05, 4.69) is 10.3 Å². The number of aliphatic hydroxyl groups excluding tert-OH is 1. The highest BCUT2D eigenvalue weighted by atomic mass is 127. The van der Waals surface area contributed by atoms with Crippen LogP contribution in [-0.4, -0.2) is 49.9 Å². The van der Waals surface area contributed by atoms with Gasteiger partial charge in [-0.1, -0.05) is 18.2 Å². The molecular weight excluding hydrogens is 488 g/mol. The number of hydrogen-bond acceptors (Lipinski definition) is 4. The van der Waals surface area contributed by atoms with Crippen molar-refractivity contribution >= 4 is 29.9 Å². The number of nitrogens with zero attached hydrogens (tertiary/aromatic N) is 2. The van der Waals surface area contributed by atoms with Gasteiger partial charge in [0.2, 0.25) is 0 Å². The quantitative estimate of drug-likeness (QED) is 0.303. The number of aliphatic hydroxyl groups is 1. The van der Waals surface area contributed by atoms with Gasteiger partial charge in [0.1, 0.15) is 12.4 Å². The van der Waals surface area contributed by atoms with Crippen molar-refractivity contribution in [3.05, 3.63) is 59.4 Å². The van der Waals surface area contributed by atoms with E-state index in [0.29, 0.717) is 24.6 Å². The maximum Gasteiger partial charge on any atom is 0.194 e. The van der Waals surface area contributed by atoms with Crippen LogP contribution in [-0.2, 0) is 13.1 Å². The molecule has 0 saturated heterocycles.